The van der Waals surface area contributed by atoms with Gasteiger partial charge >= 0.3 is 5.97 Å². The monoisotopic (exact) mass is 474 g/mol. The lowest BCUT2D eigenvalue weighted by atomic mass is 10.1. The summed E-state index contributed by atoms with van der Waals surface area (Å²) in [5.41, 5.74) is 0.296. The highest BCUT2D eigenvalue weighted by Crippen LogP contribution is 2.30. The predicted octanol–water partition coefficient (Wildman–Crippen LogP) is 3.35. The van der Waals surface area contributed by atoms with Crippen LogP contribution in [0.25, 0.3) is 0 Å². The number of carbonyl (C=O) groups excluding carboxylic acids is 2. The number of aromatic nitrogens is 1. The van der Waals surface area contributed by atoms with Crippen LogP contribution in [0.4, 0.5) is 0 Å². The van der Waals surface area contributed by atoms with Gasteiger partial charge in [0, 0.05) is 23.2 Å². The number of hydrogen-bond acceptors (Lipinski definition) is 7. The summed E-state index contributed by atoms with van der Waals surface area (Å²) in [7, 11) is -3.13. The van der Waals surface area contributed by atoms with Crippen molar-refractivity contribution >= 4 is 33.5 Å². The summed E-state index contributed by atoms with van der Waals surface area (Å²) in [4.78, 5) is 32.8. The Kier molecular flexibility index (Phi) is 7.15. The molecule has 2 aromatic rings. The zero-order valence-corrected chi connectivity index (χ0v) is 19.3. The number of benzene rings is 1. The van der Waals surface area contributed by atoms with Crippen LogP contribution in [0, 0.1) is 0 Å². The SMILES string of the molecule is O=C(OCC(=O)N(C1CCCC1)C1CCS(=O)(=O)C1)c1cccnc1Sc1ccccc1. The molecule has 9 heteroatoms. The fourth-order valence-electron chi connectivity index (χ4n) is 4.39. The summed E-state index contributed by atoms with van der Waals surface area (Å²) in [5, 5.41) is 0.505. The molecule has 1 aliphatic heterocycles. The van der Waals surface area contributed by atoms with Crippen molar-refractivity contribution in [1.29, 1.82) is 0 Å². The molecule has 0 spiro atoms. The molecular formula is C23H26N2O5S2. The van der Waals surface area contributed by atoms with Crippen molar-refractivity contribution < 1.29 is 22.7 Å². The van der Waals surface area contributed by atoms with Crippen molar-refractivity contribution in [2.24, 2.45) is 0 Å². The van der Waals surface area contributed by atoms with E-state index in [-0.39, 0.29) is 29.5 Å². The van der Waals surface area contributed by atoms with E-state index in [4.69, 9.17) is 4.74 Å². The van der Waals surface area contributed by atoms with E-state index >= 15 is 0 Å². The molecule has 1 amide bonds. The zero-order valence-electron chi connectivity index (χ0n) is 17.7. The van der Waals surface area contributed by atoms with Gasteiger partial charge in [-0.2, -0.15) is 0 Å². The first-order valence-electron chi connectivity index (χ1n) is 10.8. The standard InChI is InChI=1S/C23H26N2O5S2/c26-21(25(17-7-4-5-8-17)18-12-14-32(28,29)16-18)15-30-23(27)20-11-6-13-24-22(20)31-19-9-2-1-3-10-19/h1-3,6,9-11,13,17-18H,4-5,7-8,12,14-16H2. The fraction of sp³-hybridized carbons (Fsp3) is 0.435. The van der Waals surface area contributed by atoms with Crippen molar-refractivity contribution in [2.45, 2.75) is 54.1 Å². The second kappa shape index (κ2) is 10.0. The van der Waals surface area contributed by atoms with Gasteiger partial charge in [0.05, 0.1) is 17.1 Å². The van der Waals surface area contributed by atoms with Crippen molar-refractivity contribution in [3.63, 3.8) is 0 Å². The van der Waals surface area contributed by atoms with Gasteiger partial charge in [-0.25, -0.2) is 18.2 Å². The van der Waals surface area contributed by atoms with Crippen LogP contribution in [-0.4, -0.2) is 60.4 Å². The number of ether oxygens (including phenoxy) is 1. The Hall–Kier alpha value is -2.39. The smallest absolute Gasteiger partial charge is 0.341 e. The average molecular weight is 475 g/mol. The summed E-state index contributed by atoms with van der Waals surface area (Å²) < 4.78 is 29.4. The third-order valence-electron chi connectivity index (χ3n) is 5.88. The van der Waals surface area contributed by atoms with Crippen LogP contribution in [-0.2, 0) is 19.4 Å². The van der Waals surface area contributed by atoms with E-state index in [0.717, 1.165) is 30.6 Å². The molecule has 1 saturated carbocycles. The summed E-state index contributed by atoms with van der Waals surface area (Å²) in [6.07, 6.45) is 5.80. The number of rotatable bonds is 7. The van der Waals surface area contributed by atoms with Crippen LogP contribution < -0.4 is 0 Å². The summed E-state index contributed by atoms with van der Waals surface area (Å²) in [6.45, 7) is -0.407. The molecular weight excluding hydrogens is 448 g/mol. The summed E-state index contributed by atoms with van der Waals surface area (Å²) >= 11 is 1.35. The minimum absolute atomic E-state index is 0.0103. The van der Waals surface area contributed by atoms with E-state index in [0.29, 0.717) is 17.0 Å². The van der Waals surface area contributed by atoms with Gasteiger partial charge < -0.3 is 9.64 Å². The molecule has 1 unspecified atom stereocenters. The van der Waals surface area contributed by atoms with Crippen molar-refractivity contribution in [3.05, 3.63) is 54.2 Å². The molecule has 1 aliphatic carbocycles. The first-order valence-corrected chi connectivity index (χ1v) is 13.4. The Labute approximate surface area is 192 Å². The molecule has 0 radical (unpaired) electrons. The van der Waals surface area contributed by atoms with E-state index in [9.17, 15) is 18.0 Å². The van der Waals surface area contributed by atoms with Gasteiger partial charge in [0.2, 0.25) is 0 Å². The Bertz CT molecular complexity index is 1070. The van der Waals surface area contributed by atoms with Gasteiger partial charge in [0.1, 0.15) is 5.03 Å². The predicted molar refractivity (Wildman–Crippen MR) is 121 cm³/mol. The molecule has 1 aromatic carbocycles. The Morgan fingerprint density at radius 3 is 2.47 bits per heavy atom. The zero-order chi connectivity index (χ0) is 22.6. The quantitative estimate of drug-likeness (QED) is 0.568. The van der Waals surface area contributed by atoms with Gasteiger partial charge in [-0.1, -0.05) is 42.8 Å². The lowest BCUT2D eigenvalue weighted by Crippen LogP contribution is -2.48. The molecule has 4 rings (SSSR count). The minimum atomic E-state index is -3.13. The largest absolute Gasteiger partial charge is 0.452 e. The molecule has 0 bridgehead atoms. The maximum absolute atomic E-state index is 13.1. The Balaban J connectivity index is 1.44. The maximum atomic E-state index is 13.1. The lowest BCUT2D eigenvalue weighted by molar-refractivity contribution is -0.139. The van der Waals surface area contributed by atoms with Gasteiger partial charge in [0.15, 0.2) is 16.4 Å². The number of sulfone groups is 1. The topological polar surface area (TPSA) is 93.6 Å². The molecule has 2 aliphatic rings. The van der Waals surface area contributed by atoms with Crippen LogP contribution in [0.5, 0.6) is 0 Å². The minimum Gasteiger partial charge on any atom is -0.452 e. The van der Waals surface area contributed by atoms with Crippen LogP contribution in [0.3, 0.4) is 0 Å². The number of hydrogen-bond donors (Lipinski definition) is 0. The van der Waals surface area contributed by atoms with E-state index in [2.05, 4.69) is 4.98 Å². The number of carbonyl (C=O) groups is 2. The molecule has 2 heterocycles. The molecule has 170 valence electrons. The third kappa shape index (κ3) is 5.50. The van der Waals surface area contributed by atoms with Crippen molar-refractivity contribution in [2.75, 3.05) is 18.1 Å². The van der Waals surface area contributed by atoms with Gasteiger partial charge in [-0.3, -0.25) is 4.79 Å². The van der Waals surface area contributed by atoms with E-state index in [1.165, 1.54) is 11.8 Å². The average Bonchev–Trinajstić information content (AvgIpc) is 3.43. The summed E-state index contributed by atoms with van der Waals surface area (Å²) in [5.74, 6) is -0.850. The van der Waals surface area contributed by atoms with Crippen molar-refractivity contribution in [1.82, 2.24) is 9.88 Å². The maximum Gasteiger partial charge on any atom is 0.341 e. The fourth-order valence-corrected chi connectivity index (χ4v) is 6.99. The van der Waals surface area contributed by atoms with E-state index in [1.54, 1.807) is 23.2 Å². The molecule has 1 atom stereocenters. The van der Waals surface area contributed by atoms with Crippen LogP contribution in [0.1, 0.15) is 42.5 Å². The first kappa shape index (κ1) is 22.8. The van der Waals surface area contributed by atoms with Crippen molar-refractivity contribution in [3.8, 4) is 0 Å². The van der Waals surface area contributed by atoms with E-state index < -0.39 is 22.4 Å². The second-order valence-electron chi connectivity index (χ2n) is 8.14. The van der Waals surface area contributed by atoms with Crippen LogP contribution >= 0.6 is 11.8 Å². The lowest BCUT2D eigenvalue weighted by Gasteiger charge is -2.33. The highest BCUT2D eigenvalue weighted by atomic mass is 32.2. The highest BCUT2D eigenvalue weighted by Gasteiger charge is 2.39. The van der Waals surface area contributed by atoms with Crippen LogP contribution in [0.2, 0.25) is 0 Å². The van der Waals surface area contributed by atoms with Gasteiger partial charge in [-0.05, 0) is 43.5 Å². The molecule has 2 fully saturated rings. The number of amides is 1. The normalized spacial score (nSPS) is 20.2. The highest BCUT2D eigenvalue weighted by molar-refractivity contribution is 7.99. The third-order valence-corrected chi connectivity index (χ3v) is 8.66. The van der Waals surface area contributed by atoms with Crippen LogP contribution in [0.15, 0.2) is 58.6 Å². The van der Waals surface area contributed by atoms with Gasteiger partial charge in [0.25, 0.3) is 5.91 Å². The Morgan fingerprint density at radius 1 is 1.03 bits per heavy atom. The molecule has 1 saturated heterocycles. The molecule has 32 heavy (non-hydrogen) atoms. The van der Waals surface area contributed by atoms with E-state index in [1.807, 2.05) is 30.3 Å². The molecule has 7 nitrogen and oxygen atoms in total. The molecule has 1 aromatic heterocycles. The number of esters is 1. The number of nitrogens with zero attached hydrogens (tertiary/aromatic N) is 2. The Morgan fingerprint density at radius 2 is 1.78 bits per heavy atom. The molecule has 0 N–H and O–H groups in total. The first-order chi connectivity index (χ1) is 15.4. The van der Waals surface area contributed by atoms with Gasteiger partial charge in [-0.15, -0.1) is 0 Å². The summed E-state index contributed by atoms with van der Waals surface area (Å²) in [6, 6.07) is 12.5. The second-order valence-corrected chi connectivity index (χ2v) is 11.4. The number of pyridine rings is 1.